The topological polar surface area (TPSA) is 91.0 Å². The molecular weight excluding hydrogens is 398 g/mol. The van der Waals surface area contributed by atoms with Gasteiger partial charge in [0.15, 0.2) is 15.7 Å². The summed E-state index contributed by atoms with van der Waals surface area (Å²) < 4.78 is 23.9. The van der Waals surface area contributed by atoms with E-state index in [4.69, 9.17) is 4.98 Å². The van der Waals surface area contributed by atoms with Gasteiger partial charge in [-0.3, -0.25) is 5.10 Å². The van der Waals surface area contributed by atoms with Gasteiger partial charge in [0.2, 0.25) is 0 Å². The molecule has 0 unspecified atom stereocenters. The van der Waals surface area contributed by atoms with Crippen LogP contribution in [0.3, 0.4) is 0 Å². The summed E-state index contributed by atoms with van der Waals surface area (Å²) in [6.45, 7) is 3.34. The van der Waals surface area contributed by atoms with Crippen molar-refractivity contribution in [2.24, 2.45) is 0 Å². The lowest BCUT2D eigenvalue weighted by molar-refractivity contribution is 0.602. The highest BCUT2D eigenvalue weighted by Gasteiger charge is 2.21. The van der Waals surface area contributed by atoms with E-state index < -0.39 is 9.84 Å². The summed E-state index contributed by atoms with van der Waals surface area (Å²) in [5.74, 6) is 0.661. The van der Waals surface area contributed by atoms with Crippen LogP contribution < -0.4 is 10.2 Å². The van der Waals surface area contributed by atoms with Gasteiger partial charge >= 0.3 is 0 Å². The van der Waals surface area contributed by atoms with E-state index in [1.807, 2.05) is 12.1 Å². The molecular formula is C22H23N5O2S. The monoisotopic (exact) mass is 421 g/mol. The zero-order valence-corrected chi connectivity index (χ0v) is 17.7. The molecule has 1 aliphatic rings. The number of sulfone groups is 1. The van der Waals surface area contributed by atoms with Crippen LogP contribution in [0.15, 0.2) is 53.6 Å². The van der Waals surface area contributed by atoms with Gasteiger partial charge < -0.3 is 10.2 Å². The van der Waals surface area contributed by atoms with Crippen LogP contribution in [0, 0.1) is 0 Å². The first-order valence-corrected chi connectivity index (χ1v) is 11.9. The Balaban J connectivity index is 1.57. The molecule has 30 heavy (non-hydrogen) atoms. The number of aromatic amines is 1. The summed E-state index contributed by atoms with van der Waals surface area (Å²) in [6, 6.07) is 13.9. The molecule has 0 spiro atoms. The van der Waals surface area contributed by atoms with Crippen LogP contribution >= 0.6 is 0 Å². The predicted molar refractivity (Wildman–Crippen MR) is 120 cm³/mol. The first kappa shape index (κ1) is 18.9. The van der Waals surface area contributed by atoms with Gasteiger partial charge in [-0.25, -0.2) is 13.4 Å². The van der Waals surface area contributed by atoms with Crippen LogP contribution in [0.25, 0.3) is 21.8 Å². The van der Waals surface area contributed by atoms with Crippen LogP contribution in [-0.4, -0.2) is 42.4 Å². The first-order chi connectivity index (χ1) is 14.4. The summed E-state index contributed by atoms with van der Waals surface area (Å²) in [5, 5.41) is 12.2. The van der Waals surface area contributed by atoms with Gasteiger partial charge in [-0.1, -0.05) is 6.07 Å². The van der Waals surface area contributed by atoms with Gasteiger partial charge in [0.05, 0.1) is 16.6 Å². The number of rotatable bonds is 4. The number of benzene rings is 2. The van der Waals surface area contributed by atoms with Crippen molar-refractivity contribution >= 4 is 48.8 Å². The molecule has 5 rings (SSSR count). The Bertz CT molecular complexity index is 1360. The van der Waals surface area contributed by atoms with Crippen molar-refractivity contribution in [3.8, 4) is 0 Å². The summed E-state index contributed by atoms with van der Waals surface area (Å²) in [5.41, 5.74) is 3.60. The average Bonchev–Trinajstić information content (AvgIpc) is 3.37. The molecule has 2 aromatic heterocycles. The minimum absolute atomic E-state index is 0.271. The fraction of sp³-hybridized carbons (Fsp3) is 0.273. The number of anilines is 3. The van der Waals surface area contributed by atoms with Crippen LogP contribution in [0.4, 0.5) is 17.2 Å². The van der Waals surface area contributed by atoms with Crippen LogP contribution in [-0.2, 0) is 9.84 Å². The van der Waals surface area contributed by atoms with Gasteiger partial charge in [0.25, 0.3) is 0 Å². The number of H-pyrrole nitrogens is 1. The van der Waals surface area contributed by atoms with Crippen molar-refractivity contribution in [1.82, 2.24) is 15.2 Å². The lowest BCUT2D eigenvalue weighted by Gasteiger charge is -2.24. The third kappa shape index (κ3) is 3.27. The molecule has 1 atom stereocenters. The van der Waals surface area contributed by atoms with Crippen molar-refractivity contribution in [3.63, 3.8) is 0 Å². The summed E-state index contributed by atoms with van der Waals surface area (Å²) in [4.78, 5) is 7.44. The minimum atomic E-state index is -3.30. The molecule has 2 aromatic carbocycles. The molecule has 0 bridgehead atoms. The zero-order chi connectivity index (χ0) is 20.9. The van der Waals surface area contributed by atoms with Crippen LogP contribution in [0.5, 0.6) is 0 Å². The Labute approximate surface area is 175 Å². The number of hydrogen-bond acceptors (Lipinski definition) is 6. The zero-order valence-electron chi connectivity index (χ0n) is 16.9. The average molecular weight is 422 g/mol. The molecule has 0 saturated carbocycles. The molecule has 7 nitrogen and oxygen atoms in total. The van der Waals surface area contributed by atoms with Gasteiger partial charge in [-0.15, -0.1) is 0 Å². The maximum atomic E-state index is 12.0. The highest BCUT2D eigenvalue weighted by molar-refractivity contribution is 7.90. The third-order valence-electron chi connectivity index (χ3n) is 5.79. The largest absolute Gasteiger partial charge is 0.369 e. The van der Waals surface area contributed by atoms with Gasteiger partial charge in [-0.05, 0) is 56.2 Å². The number of nitrogens with zero attached hydrogens (tertiary/aromatic N) is 3. The summed E-state index contributed by atoms with van der Waals surface area (Å²) >= 11 is 0. The SMILES string of the molecule is C[C@H]1CCCN1c1cccc(Nc2nc3ccc(S(C)(=O)=O)cc3c3cn[nH]c23)c1. The lowest BCUT2D eigenvalue weighted by Crippen LogP contribution is -2.26. The highest BCUT2D eigenvalue weighted by atomic mass is 32.2. The molecule has 2 N–H and O–H groups in total. The first-order valence-electron chi connectivity index (χ1n) is 10.0. The number of nitrogens with one attached hydrogen (secondary N) is 2. The maximum Gasteiger partial charge on any atom is 0.175 e. The Morgan fingerprint density at radius 3 is 2.80 bits per heavy atom. The number of fused-ring (bicyclic) bond motifs is 3. The summed E-state index contributed by atoms with van der Waals surface area (Å²) in [6.07, 6.45) is 5.35. The summed E-state index contributed by atoms with van der Waals surface area (Å²) in [7, 11) is -3.30. The minimum Gasteiger partial charge on any atom is -0.369 e. The van der Waals surface area contributed by atoms with E-state index in [0.717, 1.165) is 28.5 Å². The van der Waals surface area contributed by atoms with E-state index in [9.17, 15) is 8.42 Å². The van der Waals surface area contributed by atoms with E-state index in [0.29, 0.717) is 17.4 Å². The molecule has 3 heterocycles. The maximum absolute atomic E-state index is 12.0. The molecule has 0 radical (unpaired) electrons. The van der Waals surface area contributed by atoms with Crippen molar-refractivity contribution in [1.29, 1.82) is 0 Å². The molecule has 8 heteroatoms. The Kier molecular flexibility index (Phi) is 4.39. The number of hydrogen-bond donors (Lipinski definition) is 2. The van der Waals surface area contributed by atoms with E-state index in [-0.39, 0.29) is 4.90 Å². The molecule has 0 amide bonds. The van der Waals surface area contributed by atoms with Crippen molar-refractivity contribution in [3.05, 3.63) is 48.7 Å². The highest BCUT2D eigenvalue weighted by Crippen LogP contribution is 2.33. The Hall–Kier alpha value is -3.13. The predicted octanol–water partition coefficient (Wildman–Crippen LogP) is 4.25. The second-order valence-electron chi connectivity index (χ2n) is 7.93. The van der Waals surface area contributed by atoms with Crippen LogP contribution in [0.1, 0.15) is 19.8 Å². The molecule has 1 aliphatic heterocycles. The number of aromatic nitrogens is 3. The van der Waals surface area contributed by atoms with Crippen molar-refractivity contribution in [2.45, 2.75) is 30.7 Å². The molecule has 1 saturated heterocycles. The normalized spacial score (nSPS) is 17.1. The Morgan fingerprint density at radius 1 is 1.17 bits per heavy atom. The standard InChI is InChI=1S/C22H23N5O2S/c1-14-5-4-10-27(14)16-7-3-6-15(11-16)24-22-21-19(13-23-26-21)18-12-17(30(2,28)29)8-9-20(18)25-22/h3,6-9,11-14H,4-5,10H2,1-2H3,(H,23,26)(H,24,25)/t14-/m0/s1. The molecule has 0 aliphatic carbocycles. The van der Waals surface area contributed by atoms with E-state index in [1.165, 1.54) is 24.8 Å². The second-order valence-corrected chi connectivity index (χ2v) is 9.95. The quantitative estimate of drug-likeness (QED) is 0.512. The lowest BCUT2D eigenvalue weighted by atomic mass is 10.1. The van der Waals surface area contributed by atoms with Gasteiger partial charge in [-0.2, -0.15) is 5.10 Å². The van der Waals surface area contributed by atoms with Crippen molar-refractivity contribution in [2.75, 3.05) is 23.0 Å². The molecule has 1 fully saturated rings. The number of pyridine rings is 1. The smallest absolute Gasteiger partial charge is 0.175 e. The van der Waals surface area contributed by atoms with Crippen molar-refractivity contribution < 1.29 is 8.42 Å². The fourth-order valence-corrected chi connectivity index (χ4v) is 4.86. The van der Waals surface area contributed by atoms with E-state index in [1.54, 1.807) is 24.4 Å². The molecule has 4 aromatic rings. The van der Waals surface area contributed by atoms with Crippen LogP contribution in [0.2, 0.25) is 0 Å². The molecule has 154 valence electrons. The third-order valence-corrected chi connectivity index (χ3v) is 6.90. The van der Waals surface area contributed by atoms with E-state index >= 15 is 0 Å². The fourth-order valence-electron chi connectivity index (χ4n) is 4.21. The van der Waals surface area contributed by atoms with E-state index in [2.05, 4.69) is 39.5 Å². The van der Waals surface area contributed by atoms with Gasteiger partial charge in [0, 0.05) is 41.0 Å². The Morgan fingerprint density at radius 2 is 2.03 bits per heavy atom. The second kappa shape index (κ2) is 6.98. The van der Waals surface area contributed by atoms with Gasteiger partial charge in [0.1, 0.15) is 5.52 Å².